The number of hydrogen-bond donors (Lipinski definition) is 2. The minimum atomic E-state index is -0.452. The van der Waals surface area contributed by atoms with Crippen LogP contribution >= 0.6 is 0 Å². The third kappa shape index (κ3) is 2.88. The molecule has 88 valence electrons. The number of anilines is 1. The fraction of sp³-hybridized carbons (Fsp3) is 0.636. The Balaban J connectivity index is 1.99. The molecule has 0 spiro atoms. The van der Waals surface area contributed by atoms with Gasteiger partial charge < -0.3 is 10.4 Å². The molecule has 2 N–H and O–H groups in total. The number of hydrogen-bond acceptors (Lipinski definition) is 4. The maximum atomic E-state index is 12.6. The third-order valence-electron chi connectivity index (χ3n) is 2.91. The molecule has 2 rings (SSSR count). The third-order valence-corrected chi connectivity index (χ3v) is 2.91. The van der Waals surface area contributed by atoms with Crippen LogP contribution < -0.4 is 5.32 Å². The zero-order chi connectivity index (χ0) is 11.4. The number of rotatable bonds is 2. The van der Waals surface area contributed by atoms with Gasteiger partial charge in [0.25, 0.3) is 0 Å². The summed E-state index contributed by atoms with van der Waals surface area (Å²) in [6, 6.07) is -0.0204. The van der Waals surface area contributed by atoms with Gasteiger partial charge in [-0.25, -0.2) is 14.4 Å². The molecule has 2 atom stereocenters. The van der Waals surface area contributed by atoms with Crippen molar-refractivity contribution in [2.45, 2.75) is 44.2 Å². The van der Waals surface area contributed by atoms with E-state index in [1.807, 2.05) is 0 Å². The van der Waals surface area contributed by atoms with Crippen molar-refractivity contribution in [1.82, 2.24) is 9.97 Å². The van der Waals surface area contributed by atoms with Gasteiger partial charge in [-0.1, -0.05) is 19.3 Å². The molecule has 1 aromatic heterocycles. The largest absolute Gasteiger partial charge is 0.391 e. The molecule has 1 saturated carbocycles. The lowest BCUT2D eigenvalue weighted by Gasteiger charge is -2.21. The number of aromatic nitrogens is 2. The number of aliphatic hydroxyl groups excluding tert-OH is 1. The quantitative estimate of drug-likeness (QED) is 0.752. The maximum Gasteiger partial charge on any atom is 0.223 e. The van der Waals surface area contributed by atoms with Crippen molar-refractivity contribution in [3.05, 3.63) is 18.2 Å². The Morgan fingerprint density at radius 1 is 1.19 bits per heavy atom. The molecule has 0 saturated heterocycles. The lowest BCUT2D eigenvalue weighted by molar-refractivity contribution is 0.144. The highest BCUT2D eigenvalue weighted by Crippen LogP contribution is 2.20. The molecule has 2 unspecified atom stereocenters. The van der Waals surface area contributed by atoms with E-state index >= 15 is 0 Å². The van der Waals surface area contributed by atoms with E-state index in [9.17, 15) is 9.50 Å². The first-order chi connectivity index (χ1) is 7.75. The van der Waals surface area contributed by atoms with Gasteiger partial charge in [-0.3, -0.25) is 0 Å². The Morgan fingerprint density at radius 2 is 1.88 bits per heavy atom. The van der Waals surface area contributed by atoms with Gasteiger partial charge in [-0.15, -0.1) is 0 Å². The van der Waals surface area contributed by atoms with Crippen molar-refractivity contribution in [2.75, 3.05) is 5.32 Å². The summed E-state index contributed by atoms with van der Waals surface area (Å²) >= 11 is 0. The predicted molar refractivity (Wildman–Crippen MR) is 58.5 cm³/mol. The van der Waals surface area contributed by atoms with E-state index < -0.39 is 5.82 Å². The SMILES string of the molecule is OC1CCCCCC1Nc1ncc(F)cn1. The van der Waals surface area contributed by atoms with Crippen LogP contribution in [0.2, 0.25) is 0 Å². The van der Waals surface area contributed by atoms with Gasteiger partial charge in [-0.2, -0.15) is 0 Å². The van der Waals surface area contributed by atoms with Gasteiger partial charge in [0, 0.05) is 0 Å². The number of nitrogens with zero attached hydrogens (tertiary/aromatic N) is 2. The van der Waals surface area contributed by atoms with E-state index in [2.05, 4.69) is 15.3 Å². The fourth-order valence-electron chi connectivity index (χ4n) is 2.01. The normalized spacial score (nSPS) is 26.1. The minimum absolute atomic E-state index is 0.0204. The van der Waals surface area contributed by atoms with Crippen LogP contribution in [0.4, 0.5) is 10.3 Å². The van der Waals surface area contributed by atoms with Crippen LogP contribution in [0.5, 0.6) is 0 Å². The van der Waals surface area contributed by atoms with Crippen molar-refractivity contribution in [1.29, 1.82) is 0 Å². The lowest BCUT2D eigenvalue weighted by atomic mass is 10.1. The van der Waals surface area contributed by atoms with E-state index in [4.69, 9.17) is 0 Å². The Labute approximate surface area is 93.9 Å². The molecule has 0 bridgehead atoms. The summed E-state index contributed by atoms with van der Waals surface area (Å²) in [5.41, 5.74) is 0. The monoisotopic (exact) mass is 225 g/mol. The zero-order valence-corrected chi connectivity index (χ0v) is 9.06. The number of aliphatic hydroxyl groups is 1. The van der Waals surface area contributed by atoms with E-state index in [1.165, 1.54) is 0 Å². The molecular formula is C11H16FN3O. The van der Waals surface area contributed by atoms with Crippen LogP contribution in [-0.4, -0.2) is 27.2 Å². The summed E-state index contributed by atoms with van der Waals surface area (Å²) in [4.78, 5) is 7.66. The van der Waals surface area contributed by atoms with Gasteiger partial charge in [0.15, 0.2) is 5.82 Å². The first-order valence-corrected chi connectivity index (χ1v) is 5.68. The van der Waals surface area contributed by atoms with Crippen LogP contribution in [-0.2, 0) is 0 Å². The van der Waals surface area contributed by atoms with Crippen LogP contribution in [0, 0.1) is 5.82 Å². The van der Waals surface area contributed by atoms with Crippen molar-refractivity contribution in [3.8, 4) is 0 Å². The second-order valence-corrected chi connectivity index (χ2v) is 4.18. The van der Waals surface area contributed by atoms with Crippen molar-refractivity contribution in [2.24, 2.45) is 0 Å². The highest BCUT2D eigenvalue weighted by atomic mass is 19.1. The van der Waals surface area contributed by atoms with E-state index in [1.54, 1.807) is 0 Å². The van der Waals surface area contributed by atoms with Crippen molar-refractivity contribution >= 4 is 5.95 Å². The molecule has 0 aromatic carbocycles. The molecule has 16 heavy (non-hydrogen) atoms. The molecule has 1 fully saturated rings. The summed E-state index contributed by atoms with van der Waals surface area (Å²) in [6.45, 7) is 0. The topological polar surface area (TPSA) is 58.0 Å². The molecule has 5 heteroatoms. The second kappa shape index (κ2) is 5.21. The van der Waals surface area contributed by atoms with E-state index in [0.717, 1.165) is 44.5 Å². The Bertz CT molecular complexity index is 331. The zero-order valence-electron chi connectivity index (χ0n) is 9.06. The standard InChI is InChI=1S/C11H16FN3O/c12-8-6-13-11(14-7-8)15-9-4-2-1-3-5-10(9)16/h6-7,9-10,16H,1-5H2,(H,13,14,15). The summed E-state index contributed by atoms with van der Waals surface area (Å²) < 4.78 is 12.6. The molecule has 0 radical (unpaired) electrons. The fourth-order valence-corrected chi connectivity index (χ4v) is 2.01. The van der Waals surface area contributed by atoms with Gasteiger partial charge in [0.05, 0.1) is 24.5 Å². The predicted octanol–water partition coefficient (Wildman–Crippen LogP) is 1.72. The highest BCUT2D eigenvalue weighted by molar-refractivity contribution is 5.25. The van der Waals surface area contributed by atoms with E-state index in [0.29, 0.717) is 5.95 Å². The van der Waals surface area contributed by atoms with Crippen molar-refractivity contribution < 1.29 is 9.50 Å². The van der Waals surface area contributed by atoms with Gasteiger partial charge >= 0.3 is 0 Å². The average molecular weight is 225 g/mol. The average Bonchev–Trinajstić information content (AvgIpc) is 2.48. The molecule has 1 aliphatic rings. The van der Waals surface area contributed by atoms with E-state index in [-0.39, 0.29) is 12.1 Å². The summed E-state index contributed by atoms with van der Waals surface area (Å²) in [5, 5.41) is 12.9. The molecule has 0 aliphatic heterocycles. The van der Waals surface area contributed by atoms with Crippen LogP contribution in [0.25, 0.3) is 0 Å². The molecule has 4 nitrogen and oxygen atoms in total. The van der Waals surface area contributed by atoms with Crippen LogP contribution in [0.3, 0.4) is 0 Å². The molecular weight excluding hydrogens is 209 g/mol. The number of nitrogens with one attached hydrogen (secondary N) is 1. The lowest BCUT2D eigenvalue weighted by Crippen LogP contribution is -2.33. The summed E-state index contributed by atoms with van der Waals surface area (Å²) in [7, 11) is 0. The smallest absolute Gasteiger partial charge is 0.223 e. The Kier molecular flexibility index (Phi) is 3.66. The minimum Gasteiger partial charge on any atom is -0.391 e. The Morgan fingerprint density at radius 3 is 2.62 bits per heavy atom. The van der Waals surface area contributed by atoms with Gasteiger partial charge in [0.1, 0.15) is 0 Å². The Hall–Kier alpha value is -1.23. The summed E-state index contributed by atoms with van der Waals surface area (Å²) in [5.74, 6) is -0.0701. The second-order valence-electron chi connectivity index (χ2n) is 4.18. The van der Waals surface area contributed by atoms with Crippen LogP contribution in [0.1, 0.15) is 32.1 Å². The first kappa shape index (κ1) is 11.3. The van der Waals surface area contributed by atoms with Gasteiger partial charge in [0.2, 0.25) is 5.95 Å². The van der Waals surface area contributed by atoms with Crippen LogP contribution in [0.15, 0.2) is 12.4 Å². The highest BCUT2D eigenvalue weighted by Gasteiger charge is 2.21. The molecule has 0 amide bonds. The maximum absolute atomic E-state index is 12.6. The first-order valence-electron chi connectivity index (χ1n) is 5.68. The molecule has 1 heterocycles. The molecule has 1 aromatic rings. The molecule has 1 aliphatic carbocycles. The number of halogens is 1. The van der Waals surface area contributed by atoms with Gasteiger partial charge in [-0.05, 0) is 12.8 Å². The van der Waals surface area contributed by atoms with Crippen molar-refractivity contribution in [3.63, 3.8) is 0 Å². The summed E-state index contributed by atoms with van der Waals surface area (Å²) in [6.07, 6.45) is 6.90.